The minimum absolute atomic E-state index is 0.103. The van der Waals surface area contributed by atoms with Crippen molar-refractivity contribution in [3.63, 3.8) is 0 Å². The fourth-order valence-electron chi connectivity index (χ4n) is 2.55. The van der Waals surface area contributed by atoms with Crippen LogP contribution in [0.3, 0.4) is 0 Å². The molecule has 96 valence electrons. The molecule has 0 radical (unpaired) electrons. The molecule has 0 N–H and O–H groups in total. The molecule has 18 heavy (non-hydrogen) atoms. The maximum absolute atomic E-state index is 12.5. The number of amides is 1. The first-order chi connectivity index (χ1) is 8.74. The highest BCUT2D eigenvalue weighted by Gasteiger charge is 2.32. The molecule has 0 spiro atoms. The van der Waals surface area contributed by atoms with Crippen molar-refractivity contribution < 1.29 is 4.79 Å². The first-order valence-electron chi connectivity index (χ1n) is 6.46. The monoisotopic (exact) mass is 262 g/mol. The smallest absolute Gasteiger partial charge is 0.236 e. The lowest BCUT2D eigenvalue weighted by molar-refractivity contribution is -0.132. The van der Waals surface area contributed by atoms with Gasteiger partial charge in [0, 0.05) is 31.1 Å². The van der Waals surface area contributed by atoms with E-state index in [9.17, 15) is 4.79 Å². The summed E-state index contributed by atoms with van der Waals surface area (Å²) in [7, 11) is 2.11. The van der Waals surface area contributed by atoms with Gasteiger partial charge in [0.05, 0.1) is 5.25 Å². The standard InChI is InChI=1S/C14H18N2OS/c1-15-6-8-16(9-7-15)14(17)13-10-11-4-2-3-5-12(11)18-13/h2-5,13H,6-10H2,1H3/t13-/m1/s1. The molecule has 0 saturated carbocycles. The molecule has 1 atom stereocenters. The second-order valence-corrected chi connectivity index (χ2v) is 6.29. The van der Waals surface area contributed by atoms with E-state index in [0.717, 1.165) is 32.6 Å². The van der Waals surface area contributed by atoms with Crippen molar-refractivity contribution in [3.05, 3.63) is 29.8 Å². The van der Waals surface area contributed by atoms with E-state index in [2.05, 4.69) is 36.2 Å². The number of carbonyl (C=O) groups is 1. The highest BCUT2D eigenvalue weighted by molar-refractivity contribution is 8.01. The van der Waals surface area contributed by atoms with E-state index in [1.165, 1.54) is 10.5 Å². The van der Waals surface area contributed by atoms with Crippen LogP contribution in [-0.2, 0) is 11.2 Å². The molecule has 1 aromatic rings. The molecule has 1 amide bonds. The summed E-state index contributed by atoms with van der Waals surface area (Å²) in [5.74, 6) is 0.323. The van der Waals surface area contributed by atoms with Gasteiger partial charge in [-0.2, -0.15) is 0 Å². The second-order valence-electron chi connectivity index (χ2n) is 5.05. The van der Waals surface area contributed by atoms with Gasteiger partial charge >= 0.3 is 0 Å². The molecule has 2 aliphatic rings. The molecule has 0 unspecified atom stereocenters. The average Bonchev–Trinajstić information content (AvgIpc) is 2.82. The zero-order valence-corrected chi connectivity index (χ0v) is 11.4. The third-order valence-corrected chi connectivity index (χ3v) is 5.04. The van der Waals surface area contributed by atoms with E-state index in [0.29, 0.717) is 5.91 Å². The van der Waals surface area contributed by atoms with Crippen molar-refractivity contribution in [2.75, 3.05) is 33.2 Å². The van der Waals surface area contributed by atoms with Crippen molar-refractivity contribution in [2.45, 2.75) is 16.6 Å². The number of nitrogens with zero attached hydrogens (tertiary/aromatic N) is 2. The number of hydrogen-bond donors (Lipinski definition) is 0. The van der Waals surface area contributed by atoms with Crippen LogP contribution >= 0.6 is 11.8 Å². The predicted molar refractivity (Wildman–Crippen MR) is 73.9 cm³/mol. The molecule has 2 heterocycles. The van der Waals surface area contributed by atoms with E-state index < -0.39 is 0 Å². The van der Waals surface area contributed by atoms with Crippen LogP contribution in [0.15, 0.2) is 29.2 Å². The molecule has 4 heteroatoms. The summed E-state index contributed by atoms with van der Waals surface area (Å²) in [5.41, 5.74) is 1.33. The topological polar surface area (TPSA) is 23.6 Å². The Morgan fingerprint density at radius 3 is 2.67 bits per heavy atom. The number of carbonyl (C=O) groups excluding carboxylic acids is 1. The van der Waals surface area contributed by atoms with Crippen LogP contribution in [0, 0.1) is 0 Å². The van der Waals surface area contributed by atoms with Crippen molar-refractivity contribution in [1.82, 2.24) is 9.80 Å². The van der Waals surface area contributed by atoms with Crippen molar-refractivity contribution >= 4 is 17.7 Å². The zero-order valence-electron chi connectivity index (χ0n) is 10.6. The second kappa shape index (κ2) is 4.94. The van der Waals surface area contributed by atoms with Gasteiger partial charge < -0.3 is 9.80 Å². The summed E-state index contributed by atoms with van der Waals surface area (Å²) in [6.07, 6.45) is 0.895. The Balaban J connectivity index is 1.65. The largest absolute Gasteiger partial charge is 0.339 e. The maximum atomic E-state index is 12.5. The quantitative estimate of drug-likeness (QED) is 0.766. The molecule has 1 saturated heterocycles. The van der Waals surface area contributed by atoms with E-state index in [1.54, 1.807) is 11.8 Å². The van der Waals surface area contributed by atoms with Crippen LogP contribution in [0.25, 0.3) is 0 Å². The lowest BCUT2D eigenvalue weighted by Crippen LogP contribution is -2.49. The van der Waals surface area contributed by atoms with Gasteiger partial charge in [-0.25, -0.2) is 0 Å². The molecule has 0 aromatic heterocycles. The first-order valence-corrected chi connectivity index (χ1v) is 7.34. The average molecular weight is 262 g/mol. The fraction of sp³-hybridized carbons (Fsp3) is 0.500. The van der Waals surface area contributed by atoms with Crippen LogP contribution in [0.4, 0.5) is 0 Å². The van der Waals surface area contributed by atoms with Crippen LogP contribution in [-0.4, -0.2) is 54.2 Å². The lowest BCUT2D eigenvalue weighted by Gasteiger charge is -2.33. The highest BCUT2D eigenvalue weighted by Crippen LogP contribution is 2.37. The number of fused-ring (bicyclic) bond motifs is 1. The van der Waals surface area contributed by atoms with Crippen LogP contribution in [0.2, 0.25) is 0 Å². The van der Waals surface area contributed by atoms with Crippen LogP contribution < -0.4 is 0 Å². The third kappa shape index (κ3) is 2.27. The number of benzene rings is 1. The zero-order chi connectivity index (χ0) is 12.5. The minimum atomic E-state index is 0.103. The molecule has 0 aliphatic carbocycles. The summed E-state index contributed by atoms with van der Waals surface area (Å²) in [5, 5.41) is 0.103. The Morgan fingerprint density at radius 1 is 1.22 bits per heavy atom. The Bertz CT molecular complexity index is 430. The van der Waals surface area contributed by atoms with Crippen LogP contribution in [0.5, 0.6) is 0 Å². The number of hydrogen-bond acceptors (Lipinski definition) is 3. The van der Waals surface area contributed by atoms with E-state index in [4.69, 9.17) is 0 Å². The Kier molecular flexibility index (Phi) is 3.31. The van der Waals surface area contributed by atoms with Gasteiger partial charge in [0.1, 0.15) is 0 Å². The number of piperazine rings is 1. The Labute approximate surface area is 112 Å². The maximum Gasteiger partial charge on any atom is 0.236 e. The lowest BCUT2D eigenvalue weighted by atomic mass is 10.1. The minimum Gasteiger partial charge on any atom is -0.339 e. The van der Waals surface area contributed by atoms with E-state index in [-0.39, 0.29) is 5.25 Å². The van der Waals surface area contributed by atoms with Gasteiger partial charge in [0.25, 0.3) is 0 Å². The van der Waals surface area contributed by atoms with E-state index in [1.807, 2.05) is 4.90 Å². The summed E-state index contributed by atoms with van der Waals surface area (Å²) in [6.45, 7) is 3.75. The number of rotatable bonds is 1. The molecular weight excluding hydrogens is 244 g/mol. The summed E-state index contributed by atoms with van der Waals surface area (Å²) >= 11 is 1.73. The van der Waals surface area contributed by atoms with Crippen molar-refractivity contribution in [3.8, 4) is 0 Å². The Hall–Kier alpha value is -1.00. The van der Waals surface area contributed by atoms with Gasteiger partial charge in [0.15, 0.2) is 0 Å². The van der Waals surface area contributed by atoms with E-state index >= 15 is 0 Å². The number of thioether (sulfide) groups is 1. The molecule has 0 bridgehead atoms. The molecule has 3 rings (SSSR count). The van der Waals surface area contributed by atoms with Gasteiger partial charge in [-0.05, 0) is 25.1 Å². The normalized spacial score (nSPS) is 24.1. The van der Waals surface area contributed by atoms with Gasteiger partial charge in [-0.1, -0.05) is 18.2 Å². The Morgan fingerprint density at radius 2 is 1.94 bits per heavy atom. The molecule has 2 aliphatic heterocycles. The molecular formula is C14H18N2OS. The van der Waals surface area contributed by atoms with Gasteiger partial charge in [-0.15, -0.1) is 11.8 Å². The van der Waals surface area contributed by atoms with Crippen molar-refractivity contribution in [2.24, 2.45) is 0 Å². The predicted octanol–water partition coefficient (Wildman–Crippen LogP) is 1.48. The molecule has 1 fully saturated rings. The number of likely N-dealkylation sites (N-methyl/N-ethyl adjacent to an activating group) is 1. The highest BCUT2D eigenvalue weighted by atomic mass is 32.2. The van der Waals surface area contributed by atoms with Gasteiger partial charge in [-0.3, -0.25) is 4.79 Å². The summed E-state index contributed by atoms with van der Waals surface area (Å²) in [6, 6.07) is 8.37. The molecule has 3 nitrogen and oxygen atoms in total. The van der Waals surface area contributed by atoms with Crippen molar-refractivity contribution in [1.29, 1.82) is 0 Å². The third-order valence-electron chi connectivity index (χ3n) is 3.74. The summed E-state index contributed by atoms with van der Waals surface area (Å²) in [4.78, 5) is 18.1. The molecule has 1 aromatic carbocycles. The van der Waals surface area contributed by atoms with Crippen LogP contribution in [0.1, 0.15) is 5.56 Å². The SMILES string of the molecule is CN1CCN(C(=O)[C@H]2Cc3ccccc3S2)CC1. The summed E-state index contributed by atoms with van der Waals surface area (Å²) < 4.78 is 0. The van der Waals surface area contributed by atoms with Gasteiger partial charge in [0.2, 0.25) is 5.91 Å². The fourth-order valence-corrected chi connectivity index (χ4v) is 3.83. The first kappa shape index (κ1) is 12.1.